The van der Waals surface area contributed by atoms with Gasteiger partial charge in [-0.3, -0.25) is 4.57 Å². The minimum absolute atomic E-state index is 0.103. The van der Waals surface area contributed by atoms with Gasteiger partial charge in [0.05, 0.1) is 19.1 Å². The zero-order valence-corrected chi connectivity index (χ0v) is 8.03. The Morgan fingerprint density at radius 3 is 2.10 bits per heavy atom. The van der Waals surface area contributed by atoms with Crippen LogP contribution in [0.3, 0.4) is 0 Å². The average Bonchev–Trinajstić information content (AvgIpc) is 1.90. The summed E-state index contributed by atoms with van der Waals surface area (Å²) in [5.41, 5.74) is 0. The van der Waals surface area contributed by atoms with Crippen molar-refractivity contribution in [3.05, 3.63) is 0 Å². The lowest BCUT2D eigenvalue weighted by atomic mass is 10.9. The Hall–Kier alpha value is 0.450. The van der Waals surface area contributed by atoms with Crippen LogP contribution in [0.5, 0.6) is 0 Å². The molecule has 3 nitrogen and oxygen atoms in total. The standard InChI is InChI=1S/C5H12O3P2/c1-3-7-10(5-9-6)8-4-2/h3-5H2,1-2H3. The van der Waals surface area contributed by atoms with Gasteiger partial charge in [0.25, 0.3) is 0 Å². The molecule has 0 aromatic rings. The molecular formula is C5H12O3P2. The Morgan fingerprint density at radius 2 is 1.80 bits per heavy atom. The fourth-order valence-corrected chi connectivity index (χ4v) is 2.13. The van der Waals surface area contributed by atoms with Crippen molar-refractivity contribution in [2.24, 2.45) is 0 Å². The lowest BCUT2D eigenvalue weighted by molar-refractivity contribution is 0.272. The Bertz CT molecular complexity index is 83.0. The van der Waals surface area contributed by atoms with Crippen molar-refractivity contribution >= 4 is 16.8 Å². The van der Waals surface area contributed by atoms with Crippen LogP contribution < -0.4 is 0 Å². The maximum absolute atomic E-state index is 10.1. The minimum atomic E-state index is -0.886. The minimum Gasteiger partial charge on any atom is -0.334 e. The molecule has 0 aromatic heterocycles. The molecule has 0 bridgehead atoms. The van der Waals surface area contributed by atoms with Gasteiger partial charge in [-0.15, -0.1) is 0 Å². The lowest BCUT2D eigenvalue weighted by Crippen LogP contribution is -1.90. The largest absolute Gasteiger partial charge is 0.334 e. The Balaban J connectivity index is 3.38. The van der Waals surface area contributed by atoms with Gasteiger partial charge in [-0.05, 0) is 13.8 Å². The summed E-state index contributed by atoms with van der Waals surface area (Å²) < 4.78 is 20.4. The van der Waals surface area contributed by atoms with Gasteiger partial charge in [0.15, 0.2) is 16.8 Å². The quantitative estimate of drug-likeness (QED) is 0.592. The van der Waals surface area contributed by atoms with Crippen LogP contribution in [0.1, 0.15) is 13.8 Å². The second-order valence-electron chi connectivity index (χ2n) is 1.44. The highest BCUT2D eigenvalue weighted by molar-refractivity contribution is 7.57. The summed E-state index contributed by atoms with van der Waals surface area (Å²) in [6.07, 6.45) is 0. The van der Waals surface area contributed by atoms with Crippen LogP contribution in [0, 0.1) is 0 Å². The second kappa shape index (κ2) is 7.56. The molecule has 0 spiro atoms. The van der Waals surface area contributed by atoms with E-state index < -0.39 is 8.38 Å². The van der Waals surface area contributed by atoms with E-state index >= 15 is 0 Å². The summed E-state index contributed by atoms with van der Waals surface area (Å²) in [4.78, 5) is 0. The van der Waals surface area contributed by atoms with Gasteiger partial charge in [-0.2, -0.15) is 0 Å². The summed E-state index contributed by atoms with van der Waals surface area (Å²) in [5.74, 6) is 0.483. The van der Waals surface area contributed by atoms with Crippen LogP contribution >= 0.6 is 16.8 Å². The highest BCUT2D eigenvalue weighted by Crippen LogP contribution is 2.40. The molecule has 60 valence electrons. The van der Waals surface area contributed by atoms with E-state index in [0.717, 1.165) is 0 Å². The van der Waals surface area contributed by atoms with Crippen molar-refractivity contribution in [1.82, 2.24) is 0 Å². The predicted molar refractivity (Wildman–Crippen MR) is 42.6 cm³/mol. The van der Waals surface area contributed by atoms with Crippen molar-refractivity contribution in [3.63, 3.8) is 0 Å². The summed E-state index contributed by atoms with van der Waals surface area (Å²) in [5, 5.41) is 0. The molecule has 0 aromatic carbocycles. The number of hydrogen-bond acceptors (Lipinski definition) is 3. The van der Waals surface area contributed by atoms with E-state index in [1.54, 1.807) is 0 Å². The van der Waals surface area contributed by atoms with E-state index in [9.17, 15) is 4.57 Å². The molecule has 0 heterocycles. The second-order valence-corrected chi connectivity index (χ2v) is 4.01. The van der Waals surface area contributed by atoms with Crippen LogP contribution in [0.4, 0.5) is 0 Å². The average molecular weight is 182 g/mol. The smallest absolute Gasteiger partial charge is 0.182 e. The van der Waals surface area contributed by atoms with E-state index in [-0.39, 0.29) is 8.46 Å². The van der Waals surface area contributed by atoms with Crippen molar-refractivity contribution < 1.29 is 13.6 Å². The normalized spacial score (nSPS) is 11.1. The van der Waals surface area contributed by atoms with Gasteiger partial charge in [0.1, 0.15) is 0 Å². The highest BCUT2D eigenvalue weighted by atomic mass is 31.2. The first-order valence-electron chi connectivity index (χ1n) is 3.17. The third-order valence-electron chi connectivity index (χ3n) is 0.719. The van der Waals surface area contributed by atoms with Crippen molar-refractivity contribution in [1.29, 1.82) is 0 Å². The molecule has 0 saturated carbocycles. The van der Waals surface area contributed by atoms with Crippen LogP contribution in [0.2, 0.25) is 0 Å². The third kappa shape index (κ3) is 5.25. The summed E-state index contributed by atoms with van der Waals surface area (Å²) >= 11 is 0. The van der Waals surface area contributed by atoms with Crippen LogP contribution in [-0.4, -0.2) is 19.1 Å². The van der Waals surface area contributed by atoms with Gasteiger partial charge in [0.2, 0.25) is 0 Å². The van der Waals surface area contributed by atoms with Gasteiger partial charge in [-0.1, -0.05) is 0 Å². The summed E-state index contributed by atoms with van der Waals surface area (Å²) in [6, 6.07) is 0. The van der Waals surface area contributed by atoms with Gasteiger partial charge >= 0.3 is 0 Å². The Morgan fingerprint density at radius 1 is 1.30 bits per heavy atom. The Labute approximate surface area is 64.2 Å². The van der Waals surface area contributed by atoms with E-state index in [0.29, 0.717) is 19.1 Å². The maximum atomic E-state index is 10.1. The van der Waals surface area contributed by atoms with Crippen LogP contribution in [-0.2, 0) is 13.6 Å². The van der Waals surface area contributed by atoms with Gasteiger partial charge in [-0.25, -0.2) is 0 Å². The molecule has 0 saturated heterocycles. The summed E-state index contributed by atoms with van der Waals surface area (Å²) in [6.45, 7) is 5.05. The zero-order valence-electron chi connectivity index (χ0n) is 6.24. The first-order valence-corrected chi connectivity index (χ1v) is 5.53. The molecule has 0 rings (SSSR count). The number of rotatable bonds is 6. The first-order chi connectivity index (χ1) is 4.85. The van der Waals surface area contributed by atoms with Crippen molar-refractivity contribution in [2.45, 2.75) is 13.8 Å². The molecule has 0 N–H and O–H groups in total. The topological polar surface area (TPSA) is 35.5 Å². The van der Waals surface area contributed by atoms with Gasteiger partial charge < -0.3 is 9.05 Å². The van der Waals surface area contributed by atoms with Crippen molar-refractivity contribution in [2.75, 3.05) is 19.1 Å². The molecule has 0 radical (unpaired) electrons. The van der Waals surface area contributed by atoms with Crippen LogP contribution in [0.15, 0.2) is 0 Å². The van der Waals surface area contributed by atoms with Crippen LogP contribution in [0.25, 0.3) is 0 Å². The third-order valence-corrected chi connectivity index (χ3v) is 3.20. The van der Waals surface area contributed by atoms with Crippen molar-refractivity contribution in [3.8, 4) is 0 Å². The van der Waals surface area contributed by atoms with Gasteiger partial charge in [0, 0.05) is 0 Å². The fraction of sp³-hybridized carbons (Fsp3) is 1.00. The molecule has 10 heavy (non-hydrogen) atoms. The number of hydrogen-bond donors (Lipinski definition) is 0. The molecule has 0 aliphatic rings. The fourth-order valence-electron chi connectivity index (χ4n) is 0.454. The van der Waals surface area contributed by atoms with E-state index in [4.69, 9.17) is 9.05 Å². The highest BCUT2D eigenvalue weighted by Gasteiger charge is 2.07. The maximum Gasteiger partial charge on any atom is 0.182 e. The van der Waals surface area contributed by atoms with E-state index in [1.807, 2.05) is 13.8 Å². The molecule has 0 atom stereocenters. The molecule has 5 heteroatoms. The molecule has 0 fully saturated rings. The first kappa shape index (κ1) is 10.4. The molecule has 0 aliphatic heterocycles. The van der Waals surface area contributed by atoms with E-state index in [1.165, 1.54) is 0 Å². The summed E-state index contributed by atoms with van der Waals surface area (Å²) in [7, 11) is -0.783. The molecular weight excluding hydrogens is 170 g/mol. The SMILES string of the molecule is CCOP(CP=O)OCC. The van der Waals surface area contributed by atoms with E-state index in [2.05, 4.69) is 0 Å². The molecule has 0 unspecified atom stereocenters. The zero-order chi connectivity index (χ0) is 7.82. The molecule has 0 amide bonds. The molecule has 0 aliphatic carbocycles. The Kier molecular flexibility index (Phi) is 7.90. The predicted octanol–water partition coefficient (Wildman–Crippen LogP) is 2.62. The lowest BCUT2D eigenvalue weighted by Gasteiger charge is -2.11. The monoisotopic (exact) mass is 182 g/mol.